The van der Waals surface area contributed by atoms with Gasteiger partial charge in [-0.2, -0.15) is 5.10 Å². The Morgan fingerprint density at radius 2 is 1.97 bits per heavy atom. The van der Waals surface area contributed by atoms with Crippen LogP contribution in [-0.2, 0) is 6.42 Å². The summed E-state index contributed by atoms with van der Waals surface area (Å²) in [6.45, 7) is 5.79. The standard InChI is InChI=1S/C24H21N5O2/c1-16(2)14-17-8-6-9-18(21(17)30)15-26-28-22-24(31)29(19-10-4-3-5-11-19)23-20(27-22)12-7-13-25-23/h3-13,15,30H,1,14H2,2H3,(H,27,28)/b26-15+. The summed E-state index contributed by atoms with van der Waals surface area (Å²) < 4.78 is 1.49. The van der Waals surface area contributed by atoms with E-state index in [9.17, 15) is 9.90 Å². The van der Waals surface area contributed by atoms with E-state index in [1.165, 1.54) is 10.8 Å². The zero-order chi connectivity index (χ0) is 21.8. The fraction of sp³-hybridized carbons (Fsp3) is 0.0833. The number of aromatic nitrogens is 3. The van der Waals surface area contributed by atoms with E-state index in [1.54, 1.807) is 24.4 Å². The van der Waals surface area contributed by atoms with Gasteiger partial charge in [-0.3, -0.25) is 14.8 Å². The Labute approximate surface area is 179 Å². The van der Waals surface area contributed by atoms with Gasteiger partial charge >= 0.3 is 5.56 Å². The zero-order valence-electron chi connectivity index (χ0n) is 17.0. The molecule has 0 saturated carbocycles. The first kappa shape index (κ1) is 20.0. The molecule has 7 heteroatoms. The molecule has 2 aromatic heterocycles. The van der Waals surface area contributed by atoms with Gasteiger partial charge in [0, 0.05) is 11.8 Å². The Bertz CT molecular complexity index is 1340. The number of anilines is 1. The van der Waals surface area contributed by atoms with Crippen LogP contribution >= 0.6 is 0 Å². The third-order valence-corrected chi connectivity index (χ3v) is 4.65. The number of fused-ring (bicyclic) bond motifs is 1. The van der Waals surface area contributed by atoms with Gasteiger partial charge in [0.2, 0.25) is 5.82 Å². The fourth-order valence-electron chi connectivity index (χ4n) is 3.25. The van der Waals surface area contributed by atoms with Crippen LogP contribution in [0.4, 0.5) is 5.82 Å². The number of aromatic hydroxyl groups is 1. The summed E-state index contributed by atoms with van der Waals surface area (Å²) in [5, 5.41) is 14.6. The lowest BCUT2D eigenvalue weighted by Gasteiger charge is -2.11. The fourth-order valence-corrected chi connectivity index (χ4v) is 3.25. The van der Waals surface area contributed by atoms with Crippen LogP contribution in [0.2, 0.25) is 0 Å². The van der Waals surface area contributed by atoms with Crippen LogP contribution in [0.15, 0.2) is 88.9 Å². The number of allylic oxidation sites excluding steroid dienone is 1. The lowest BCUT2D eigenvalue weighted by Crippen LogP contribution is -2.23. The molecule has 0 saturated heterocycles. The van der Waals surface area contributed by atoms with Gasteiger partial charge in [0.25, 0.3) is 0 Å². The molecule has 0 aliphatic carbocycles. The largest absolute Gasteiger partial charge is 0.507 e. The molecule has 0 spiro atoms. The third-order valence-electron chi connectivity index (χ3n) is 4.65. The predicted octanol–water partition coefficient (Wildman–Crippen LogP) is 4.05. The van der Waals surface area contributed by atoms with Crippen molar-refractivity contribution in [3.05, 3.63) is 100 Å². The highest BCUT2D eigenvalue weighted by molar-refractivity contribution is 5.84. The van der Waals surface area contributed by atoms with E-state index in [1.807, 2.05) is 49.4 Å². The molecule has 154 valence electrons. The van der Waals surface area contributed by atoms with Crippen LogP contribution in [0.5, 0.6) is 5.75 Å². The number of nitrogens with one attached hydrogen (secondary N) is 1. The van der Waals surface area contributed by atoms with Crippen molar-refractivity contribution >= 4 is 23.2 Å². The van der Waals surface area contributed by atoms with Crippen LogP contribution in [0, 0.1) is 0 Å². The van der Waals surface area contributed by atoms with E-state index >= 15 is 0 Å². The number of pyridine rings is 1. The van der Waals surface area contributed by atoms with Crippen molar-refractivity contribution in [2.45, 2.75) is 13.3 Å². The topological polar surface area (TPSA) is 92.4 Å². The molecule has 0 atom stereocenters. The lowest BCUT2D eigenvalue weighted by atomic mass is 10.0. The Kier molecular flexibility index (Phi) is 5.57. The molecule has 31 heavy (non-hydrogen) atoms. The van der Waals surface area contributed by atoms with Gasteiger partial charge in [-0.15, -0.1) is 0 Å². The van der Waals surface area contributed by atoms with Crippen LogP contribution in [-0.4, -0.2) is 25.9 Å². The molecule has 0 aliphatic heterocycles. The Balaban J connectivity index is 1.71. The lowest BCUT2D eigenvalue weighted by molar-refractivity contribution is 0.468. The molecule has 0 unspecified atom stereocenters. The second-order valence-corrected chi connectivity index (χ2v) is 7.14. The summed E-state index contributed by atoms with van der Waals surface area (Å²) in [5.74, 6) is 0.187. The van der Waals surface area contributed by atoms with Crippen LogP contribution in [0.3, 0.4) is 0 Å². The Morgan fingerprint density at radius 3 is 2.74 bits per heavy atom. The highest BCUT2D eigenvalue weighted by atomic mass is 16.3. The second-order valence-electron chi connectivity index (χ2n) is 7.14. The van der Waals surface area contributed by atoms with Crippen molar-refractivity contribution in [2.24, 2.45) is 5.10 Å². The summed E-state index contributed by atoms with van der Waals surface area (Å²) in [6.07, 6.45) is 3.65. The van der Waals surface area contributed by atoms with Gasteiger partial charge in [0.05, 0.1) is 11.9 Å². The average molecular weight is 411 g/mol. The average Bonchev–Trinajstić information content (AvgIpc) is 2.77. The first-order chi connectivity index (χ1) is 15.0. The Morgan fingerprint density at radius 1 is 1.16 bits per heavy atom. The van der Waals surface area contributed by atoms with E-state index < -0.39 is 0 Å². The SMILES string of the molecule is C=C(C)Cc1cccc(/C=N/Nc2nc3cccnc3n(-c3ccccc3)c2=O)c1O. The molecule has 0 radical (unpaired) electrons. The summed E-state index contributed by atoms with van der Waals surface area (Å²) >= 11 is 0. The molecular weight excluding hydrogens is 390 g/mol. The maximum absolute atomic E-state index is 13.1. The van der Waals surface area contributed by atoms with Crippen LogP contribution < -0.4 is 11.0 Å². The second kappa shape index (κ2) is 8.62. The van der Waals surface area contributed by atoms with Gasteiger partial charge in [-0.1, -0.05) is 42.5 Å². The number of benzene rings is 2. The molecule has 4 rings (SSSR count). The van der Waals surface area contributed by atoms with E-state index in [4.69, 9.17) is 0 Å². The van der Waals surface area contributed by atoms with E-state index in [0.29, 0.717) is 28.8 Å². The van der Waals surface area contributed by atoms with Crippen molar-refractivity contribution in [2.75, 3.05) is 5.43 Å². The monoisotopic (exact) mass is 411 g/mol. The number of nitrogens with zero attached hydrogens (tertiary/aromatic N) is 4. The van der Waals surface area contributed by atoms with Gasteiger partial charge in [-0.05, 0) is 49.2 Å². The molecular formula is C24H21N5O2. The molecule has 0 fully saturated rings. The van der Waals surface area contributed by atoms with Crippen molar-refractivity contribution in [1.29, 1.82) is 0 Å². The van der Waals surface area contributed by atoms with Gasteiger partial charge < -0.3 is 5.11 Å². The minimum Gasteiger partial charge on any atom is -0.507 e. The van der Waals surface area contributed by atoms with Gasteiger partial charge in [0.15, 0.2) is 5.65 Å². The number of rotatable bonds is 6. The number of para-hydroxylation sites is 2. The highest BCUT2D eigenvalue weighted by Gasteiger charge is 2.13. The maximum atomic E-state index is 13.1. The first-order valence-corrected chi connectivity index (χ1v) is 9.72. The molecule has 0 aliphatic rings. The molecule has 2 heterocycles. The highest BCUT2D eigenvalue weighted by Crippen LogP contribution is 2.23. The molecule has 0 amide bonds. The molecule has 0 bridgehead atoms. The molecule has 2 aromatic carbocycles. The normalized spacial score (nSPS) is 11.1. The molecule has 4 aromatic rings. The minimum absolute atomic E-state index is 0.0539. The predicted molar refractivity (Wildman–Crippen MR) is 123 cm³/mol. The van der Waals surface area contributed by atoms with Crippen molar-refractivity contribution in [3.8, 4) is 11.4 Å². The van der Waals surface area contributed by atoms with E-state index in [0.717, 1.165) is 11.1 Å². The Hall–Kier alpha value is -4.26. The van der Waals surface area contributed by atoms with Crippen LogP contribution in [0.1, 0.15) is 18.1 Å². The minimum atomic E-state index is -0.380. The maximum Gasteiger partial charge on any atom is 0.301 e. The number of hydrogen-bond acceptors (Lipinski definition) is 6. The van der Waals surface area contributed by atoms with Crippen molar-refractivity contribution < 1.29 is 5.11 Å². The smallest absolute Gasteiger partial charge is 0.301 e. The molecule has 2 N–H and O–H groups in total. The molecule has 7 nitrogen and oxygen atoms in total. The van der Waals surface area contributed by atoms with E-state index in [2.05, 4.69) is 27.1 Å². The zero-order valence-corrected chi connectivity index (χ0v) is 17.0. The third kappa shape index (κ3) is 4.20. The summed E-state index contributed by atoms with van der Waals surface area (Å²) in [5.41, 5.74) is 6.25. The van der Waals surface area contributed by atoms with Crippen LogP contribution in [0.25, 0.3) is 16.9 Å². The number of phenolic OH excluding ortho intramolecular Hbond substituents is 1. The number of hydrogen-bond donors (Lipinski definition) is 2. The van der Waals surface area contributed by atoms with Crippen molar-refractivity contribution in [3.63, 3.8) is 0 Å². The first-order valence-electron chi connectivity index (χ1n) is 9.72. The van der Waals surface area contributed by atoms with Crippen molar-refractivity contribution in [1.82, 2.24) is 14.5 Å². The number of phenols is 1. The van der Waals surface area contributed by atoms with Gasteiger partial charge in [0.1, 0.15) is 11.3 Å². The summed E-state index contributed by atoms with van der Waals surface area (Å²) in [6, 6.07) is 18.2. The van der Waals surface area contributed by atoms with E-state index in [-0.39, 0.29) is 17.1 Å². The quantitative estimate of drug-likeness (QED) is 0.284. The summed E-state index contributed by atoms with van der Waals surface area (Å²) in [4.78, 5) is 21.8. The number of hydrazone groups is 1. The summed E-state index contributed by atoms with van der Waals surface area (Å²) in [7, 11) is 0. The van der Waals surface area contributed by atoms with Gasteiger partial charge in [-0.25, -0.2) is 9.97 Å².